The van der Waals surface area contributed by atoms with Gasteiger partial charge in [-0.25, -0.2) is 4.79 Å². The molecule has 2 aliphatic rings. The fourth-order valence-corrected chi connectivity index (χ4v) is 3.39. The maximum absolute atomic E-state index is 12.4. The molecule has 2 aliphatic carbocycles. The number of esters is 2. The molecule has 1 unspecified atom stereocenters. The molecule has 6 heteroatoms. The van der Waals surface area contributed by atoms with Crippen LogP contribution in [0.15, 0.2) is 23.3 Å². The number of hydrogen-bond donors (Lipinski definition) is 0. The van der Waals surface area contributed by atoms with E-state index in [2.05, 4.69) is 6.07 Å². The third kappa shape index (κ3) is 2.67. The number of allylic oxidation sites excluding steroid dienone is 2. The van der Waals surface area contributed by atoms with Gasteiger partial charge in [-0.15, -0.1) is 0 Å². The van der Waals surface area contributed by atoms with Crippen molar-refractivity contribution in [3.05, 3.63) is 23.3 Å². The Morgan fingerprint density at radius 1 is 1.39 bits per heavy atom. The summed E-state index contributed by atoms with van der Waals surface area (Å²) in [6, 6.07) is 2.06. The number of ether oxygens (including phenoxy) is 2. The molecule has 0 aromatic carbocycles. The van der Waals surface area contributed by atoms with Gasteiger partial charge in [-0.2, -0.15) is 5.26 Å². The van der Waals surface area contributed by atoms with Crippen molar-refractivity contribution in [2.45, 2.75) is 33.1 Å². The second kappa shape index (κ2) is 5.99. The number of ketones is 1. The quantitative estimate of drug-likeness (QED) is 0.582. The SMILES string of the molecule is COC(=O)[C@@]1(C#N)CC=C(COC(C)=O)CC2(C)C(=O)CC=C21. The van der Waals surface area contributed by atoms with Gasteiger partial charge in [-0.3, -0.25) is 9.59 Å². The van der Waals surface area contributed by atoms with E-state index in [0.717, 1.165) is 5.57 Å². The Balaban J connectivity index is 2.50. The van der Waals surface area contributed by atoms with Gasteiger partial charge in [0.2, 0.25) is 0 Å². The molecule has 23 heavy (non-hydrogen) atoms. The van der Waals surface area contributed by atoms with Gasteiger partial charge in [-0.1, -0.05) is 12.2 Å². The summed E-state index contributed by atoms with van der Waals surface area (Å²) in [5, 5.41) is 9.70. The lowest BCUT2D eigenvalue weighted by Gasteiger charge is -2.33. The largest absolute Gasteiger partial charge is 0.468 e. The third-order valence-electron chi connectivity index (χ3n) is 4.62. The Morgan fingerprint density at radius 3 is 2.65 bits per heavy atom. The molecule has 0 bridgehead atoms. The van der Waals surface area contributed by atoms with Crippen molar-refractivity contribution < 1.29 is 23.9 Å². The van der Waals surface area contributed by atoms with Crippen molar-refractivity contribution >= 4 is 17.7 Å². The first-order valence-corrected chi connectivity index (χ1v) is 7.35. The zero-order valence-corrected chi connectivity index (χ0v) is 13.5. The highest BCUT2D eigenvalue weighted by Crippen LogP contribution is 2.53. The van der Waals surface area contributed by atoms with E-state index in [4.69, 9.17) is 9.47 Å². The number of carbonyl (C=O) groups excluding carboxylic acids is 3. The maximum Gasteiger partial charge on any atom is 0.330 e. The van der Waals surface area contributed by atoms with Crippen molar-refractivity contribution in [1.29, 1.82) is 5.26 Å². The molecule has 6 nitrogen and oxygen atoms in total. The molecule has 0 aromatic rings. The minimum Gasteiger partial charge on any atom is -0.468 e. The number of Topliss-reactive ketones (excluding diaryl/α,β-unsaturated/α-hetero) is 1. The molecule has 0 radical (unpaired) electrons. The van der Waals surface area contributed by atoms with Gasteiger partial charge in [0.25, 0.3) is 0 Å². The van der Waals surface area contributed by atoms with Crippen LogP contribution < -0.4 is 0 Å². The number of nitrogens with zero attached hydrogens (tertiary/aromatic N) is 1. The van der Waals surface area contributed by atoms with Crippen LogP contribution in [-0.4, -0.2) is 31.4 Å². The molecule has 0 heterocycles. The number of carbonyl (C=O) groups is 3. The Kier molecular flexibility index (Phi) is 4.42. The van der Waals surface area contributed by atoms with Crippen LogP contribution in [0.1, 0.15) is 33.1 Å². The fourth-order valence-electron chi connectivity index (χ4n) is 3.39. The smallest absolute Gasteiger partial charge is 0.330 e. The standard InChI is InChI=1S/C17H19NO5/c1-11(19)23-9-12-6-7-17(10-18,15(21)22-3)13-4-5-14(20)16(13,2)8-12/h4,6H,5,7-9H2,1-3H3/t16?,17-/m1/s1. The lowest BCUT2D eigenvalue weighted by atomic mass is 9.67. The van der Waals surface area contributed by atoms with Crippen molar-refractivity contribution in [2.24, 2.45) is 10.8 Å². The van der Waals surface area contributed by atoms with Crippen LogP contribution in [0.3, 0.4) is 0 Å². The van der Waals surface area contributed by atoms with Gasteiger partial charge in [0.05, 0.1) is 18.6 Å². The van der Waals surface area contributed by atoms with Crippen molar-refractivity contribution in [3.63, 3.8) is 0 Å². The minimum absolute atomic E-state index is 0.0494. The summed E-state index contributed by atoms with van der Waals surface area (Å²) in [4.78, 5) is 35.8. The highest BCUT2D eigenvalue weighted by molar-refractivity contribution is 5.97. The van der Waals surface area contributed by atoms with Crippen LogP contribution in [0, 0.1) is 22.2 Å². The molecule has 0 saturated carbocycles. The second-order valence-corrected chi connectivity index (χ2v) is 6.11. The van der Waals surface area contributed by atoms with E-state index in [-0.39, 0.29) is 25.2 Å². The summed E-state index contributed by atoms with van der Waals surface area (Å²) in [5.74, 6) is -1.14. The normalized spacial score (nSPS) is 29.6. The predicted molar refractivity (Wildman–Crippen MR) is 79.8 cm³/mol. The van der Waals surface area contributed by atoms with Crippen LogP contribution in [0.5, 0.6) is 0 Å². The topological polar surface area (TPSA) is 93.5 Å². The van der Waals surface area contributed by atoms with Gasteiger partial charge in [0.1, 0.15) is 12.4 Å². The van der Waals surface area contributed by atoms with Crippen molar-refractivity contribution in [1.82, 2.24) is 0 Å². The van der Waals surface area contributed by atoms with Crippen LogP contribution >= 0.6 is 0 Å². The molecule has 0 fully saturated rings. The van der Waals surface area contributed by atoms with E-state index in [1.807, 2.05) is 0 Å². The number of methoxy groups -OCH3 is 1. The molecule has 122 valence electrons. The molecule has 0 N–H and O–H groups in total. The van der Waals surface area contributed by atoms with E-state index < -0.39 is 22.8 Å². The maximum atomic E-state index is 12.4. The first-order chi connectivity index (χ1) is 10.8. The highest BCUT2D eigenvalue weighted by Gasteiger charge is 2.56. The van der Waals surface area contributed by atoms with Crippen LogP contribution in [0.4, 0.5) is 0 Å². The van der Waals surface area contributed by atoms with Gasteiger partial charge >= 0.3 is 11.9 Å². The summed E-state index contributed by atoms with van der Waals surface area (Å²) >= 11 is 0. The molecule has 0 spiro atoms. The van der Waals surface area contributed by atoms with Crippen LogP contribution in [-0.2, 0) is 23.9 Å². The zero-order valence-electron chi connectivity index (χ0n) is 13.5. The summed E-state index contributed by atoms with van der Waals surface area (Å²) in [7, 11) is 1.23. The number of fused-ring (bicyclic) bond motifs is 1. The van der Waals surface area contributed by atoms with Crippen molar-refractivity contribution in [3.8, 4) is 6.07 Å². The molecular formula is C17H19NO5. The van der Waals surface area contributed by atoms with E-state index in [1.54, 1.807) is 19.1 Å². The molecular weight excluding hydrogens is 298 g/mol. The molecule has 0 saturated heterocycles. The van der Waals surface area contributed by atoms with E-state index in [9.17, 15) is 19.6 Å². The summed E-state index contributed by atoms with van der Waals surface area (Å²) in [6.45, 7) is 3.09. The molecule has 0 amide bonds. The third-order valence-corrected chi connectivity index (χ3v) is 4.62. The van der Waals surface area contributed by atoms with Gasteiger partial charge in [-0.05, 0) is 30.9 Å². The Labute approximate surface area is 134 Å². The summed E-state index contributed by atoms with van der Waals surface area (Å²) in [5.41, 5.74) is -1.23. The first-order valence-electron chi connectivity index (χ1n) is 7.35. The van der Waals surface area contributed by atoms with E-state index in [0.29, 0.717) is 12.0 Å². The van der Waals surface area contributed by atoms with Gasteiger partial charge in [0, 0.05) is 13.3 Å². The second-order valence-electron chi connectivity index (χ2n) is 6.11. The van der Waals surface area contributed by atoms with Gasteiger partial charge < -0.3 is 9.47 Å². The Hall–Kier alpha value is -2.42. The monoisotopic (exact) mass is 317 g/mol. The molecule has 2 atom stereocenters. The fraction of sp³-hybridized carbons (Fsp3) is 0.529. The van der Waals surface area contributed by atoms with Crippen molar-refractivity contribution in [2.75, 3.05) is 13.7 Å². The summed E-state index contributed by atoms with van der Waals surface area (Å²) in [6.07, 6.45) is 3.99. The molecule has 0 aromatic heterocycles. The highest BCUT2D eigenvalue weighted by atomic mass is 16.5. The average Bonchev–Trinajstić information content (AvgIpc) is 2.74. The number of nitriles is 1. The Morgan fingerprint density at radius 2 is 2.09 bits per heavy atom. The van der Waals surface area contributed by atoms with Gasteiger partial charge in [0.15, 0.2) is 5.41 Å². The minimum atomic E-state index is -1.51. The number of hydrogen-bond acceptors (Lipinski definition) is 6. The predicted octanol–water partition coefficient (Wildman–Crippen LogP) is 1.86. The summed E-state index contributed by atoms with van der Waals surface area (Å²) < 4.78 is 9.85. The van der Waals surface area contributed by atoms with Crippen LogP contribution in [0.25, 0.3) is 0 Å². The average molecular weight is 317 g/mol. The molecule has 0 aliphatic heterocycles. The number of rotatable bonds is 3. The lowest BCUT2D eigenvalue weighted by Crippen LogP contribution is -2.39. The zero-order chi connectivity index (χ0) is 17.3. The Bertz CT molecular complexity index is 669. The van der Waals surface area contributed by atoms with E-state index >= 15 is 0 Å². The first kappa shape index (κ1) is 16.9. The van der Waals surface area contributed by atoms with E-state index in [1.165, 1.54) is 14.0 Å². The molecule has 2 rings (SSSR count). The van der Waals surface area contributed by atoms with Crippen LogP contribution in [0.2, 0.25) is 0 Å². The lowest BCUT2D eigenvalue weighted by molar-refractivity contribution is -0.148.